The number of phenols is 1. The lowest BCUT2D eigenvalue weighted by Crippen LogP contribution is -1.92. The number of anilines is 1. The molecule has 0 aliphatic carbocycles. The first kappa shape index (κ1) is 9.79. The highest BCUT2D eigenvalue weighted by molar-refractivity contribution is 7.15. The number of hydrogen-bond donors (Lipinski definition) is 2. The van der Waals surface area contributed by atoms with Crippen molar-refractivity contribution in [2.75, 3.05) is 5.73 Å². The molecule has 0 fully saturated rings. The predicted molar refractivity (Wildman–Crippen MR) is 59.0 cm³/mol. The second kappa shape index (κ2) is 4.18. The summed E-state index contributed by atoms with van der Waals surface area (Å²) in [4.78, 5) is 4.83. The molecule has 0 atom stereocenters. The molecule has 15 heavy (non-hydrogen) atoms. The minimum Gasteiger partial charge on any atom is -0.504 e. The van der Waals surface area contributed by atoms with Crippen molar-refractivity contribution in [2.24, 2.45) is 0 Å². The zero-order valence-electron chi connectivity index (χ0n) is 7.88. The van der Waals surface area contributed by atoms with E-state index < -0.39 is 0 Å². The van der Waals surface area contributed by atoms with Gasteiger partial charge >= 0.3 is 0 Å². The van der Waals surface area contributed by atoms with Gasteiger partial charge in [0.05, 0.1) is 4.88 Å². The van der Waals surface area contributed by atoms with Gasteiger partial charge in [0.1, 0.15) is 6.61 Å². The first-order chi connectivity index (χ1) is 7.25. The van der Waals surface area contributed by atoms with Crippen LogP contribution in [0.4, 0.5) is 5.13 Å². The molecule has 0 bridgehead atoms. The summed E-state index contributed by atoms with van der Waals surface area (Å²) in [6.07, 6.45) is 1.67. The summed E-state index contributed by atoms with van der Waals surface area (Å²) >= 11 is 1.37. The quantitative estimate of drug-likeness (QED) is 0.833. The first-order valence-corrected chi connectivity index (χ1v) is 5.18. The highest BCUT2D eigenvalue weighted by Crippen LogP contribution is 2.26. The molecule has 0 amide bonds. The van der Waals surface area contributed by atoms with E-state index in [4.69, 9.17) is 10.5 Å². The molecule has 1 aromatic heterocycles. The average Bonchev–Trinajstić information content (AvgIpc) is 2.63. The molecule has 3 N–H and O–H groups in total. The van der Waals surface area contributed by atoms with Crippen LogP contribution in [0.5, 0.6) is 11.5 Å². The highest BCUT2D eigenvalue weighted by Gasteiger charge is 2.03. The number of thiazole rings is 1. The summed E-state index contributed by atoms with van der Waals surface area (Å²) in [5.41, 5.74) is 5.48. The second-order valence-electron chi connectivity index (χ2n) is 2.92. The molecule has 2 aromatic rings. The monoisotopic (exact) mass is 222 g/mol. The molecule has 0 unspecified atom stereocenters. The molecule has 0 spiro atoms. The van der Waals surface area contributed by atoms with Crippen molar-refractivity contribution in [1.29, 1.82) is 0 Å². The van der Waals surface area contributed by atoms with Crippen LogP contribution >= 0.6 is 11.3 Å². The van der Waals surface area contributed by atoms with Crippen LogP contribution in [0.1, 0.15) is 4.88 Å². The van der Waals surface area contributed by atoms with Crippen molar-refractivity contribution >= 4 is 16.5 Å². The van der Waals surface area contributed by atoms with Crippen LogP contribution in [0, 0.1) is 0 Å². The Kier molecular flexibility index (Phi) is 2.73. The van der Waals surface area contributed by atoms with Gasteiger partial charge in [0, 0.05) is 6.20 Å². The number of phenolic OH excluding ortho intramolecular Hbond substituents is 1. The highest BCUT2D eigenvalue weighted by atomic mass is 32.1. The Labute approximate surface area is 91.0 Å². The number of aromatic nitrogens is 1. The standard InChI is InChI=1S/C10H10N2O2S/c11-10-12-5-7(15-10)6-14-9-4-2-1-3-8(9)13/h1-5,13H,6H2,(H2,11,12). The number of ether oxygens (including phenoxy) is 1. The van der Waals surface area contributed by atoms with Gasteiger partial charge in [0.25, 0.3) is 0 Å². The van der Waals surface area contributed by atoms with Crippen molar-refractivity contribution in [3.05, 3.63) is 35.3 Å². The number of nitrogens with zero attached hydrogens (tertiary/aromatic N) is 1. The van der Waals surface area contributed by atoms with E-state index in [0.717, 1.165) is 4.88 Å². The third kappa shape index (κ3) is 2.38. The maximum atomic E-state index is 9.43. The lowest BCUT2D eigenvalue weighted by Gasteiger charge is -2.05. The Morgan fingerprint density at radius 1 is 1.40 bits per heavy atom. The van der Waals surface area contributed by atoms with Crippen molar-refractivity contribution in [2.45, 2.75) is 6.61 Å². The van der Waals surface area contributed by atoms with Crippen molar-refractivity contribution in [3.63, 3.8) is 0 Å². The average molecular weight is 222 g/mol. The van der Waals surface area contributed by atoms with E-state index in [1.165, 1.54) is 11.3 Å². The second-order valence-corrected chi connectivity index (χ2v) is 4.07. The molecule has 0 saturated heterocycles. The summed E-state index contributed by atoms with van der Waals surface area (Å²) in [7, 11) is 0. The normalized spacial score (nSPS) is 10.1. The lowest BCUT2D eigenvalue weighted by atomic mass is 10.3. The zero-order valence-corrected chi connectivity index (χ0v) is 8.70. The summed E-state index contributed by atoms with van der Waals surface area (Å²) in [5, 5.41) is 9.95. The van der Waals surface area contributed by atoms with Crippen LogP contribution in [0.2, 0.25) is 0 Å². The Morgan fingerprint density at radius 2 is 2.20 bits per heavy atom. The maximum Gasteiger partial charge on any atom is 0.180 e. The third-order valence-electron chi connectivity index (χ3n) is 1.81. The number of benzene rings is 1. The van der Waals surface area contributed by atoms with Gasteiger partial charge in [0.15, 0.2) is 16.6 Å². The fraction of sp³-hybridized carbons (Fsp3) is 0.100. The van der Waals surface area contributed by atoms with Gasteiger partial charge in [-0.2, -0.15) is 0 Å². The molecule has 2 rings (SSSR count). The molecular formula is C10H10N2O2S. The van der Waals surface area contributed by atoms with E-state index in [2.05, 4.69) is 4.98 Å². The lowest BCUT2D eigenvalue weighted by molar-refractivity contribution is 0.292. The molecule has 0 aliphatic rings. The van der Waals surface area contributed by atoms with Gasteiger partial charge in [-0.05, 0) is 12.1 Å². The van der Waals surface area contributed by atoms with E-state index >= 15 is 0 Å². The summed E-state index contributed by atoms with van der Waals surface area (Å²) in [6, 6.07) is 6.83. The van der Waals surface area contributed by atoms with Crippen LogP contribution in [-0.2, 0) is 6.61 Å². The van der Waals surface area contributed by atoms with E-state index in [1.54, 1.807) is 30.5 Å². The molecule has 78 valence electrons. The molecule has 0 aliphatic heterocycles. The van der Waals surface area contributed by atoms with Crippen LogP contribution in [0.25, 0.3) is 0 Å². The van der Waals surface area contributed by atoms with E-state index in [9.17, 15) is 5.11 Å². The smallest absolute Gasteiger partial charge is 0.180 e. The number of aromatic hydroxyl groups is 1. The minimum atomic E-state index is 0.134. The van der Waals surface area contributed by atoms with Crippen LogP contribution in [0.3, 0.4) is 0 Å². The summed E-state index contributed by atoms with van der Waals surface area (Å²) in [5.74, 6) is 0.597. The molecule has 1 heterocycles. The number of rotatable bonds is 3. The molecule has 4 nitrogen and oxygen atoms in total. The van der Waals surface area contributed by atoms with Crippen molar-refractivity contribution in [1.82, 2.24) is 4.98 Å². The van der Waals surface area contributed by atoms with Crippen LogP contribution in [-0.4, -0.2) is 10.1 Å². The minimum absolute atomic E-state index is 0.134. The fourth-order valence-corrected chi connectivity index (χ4v) is 1.71. The summed E-state index contributed by atoms with van der Waals surface area (Å²) in [6.45, 7) is 0.368. The molecule has 5 heteroatoms. The fourth-order valence-electron chi connectivity index (χ4n) is 1.12. The Bertz CT molecular complexity index is 456. The molecular weight excluding hydrogens is 212 g/mol. The van der Waals surface area contributed by atoms with E-state index in [1.807, 2.05) is 0 Å². The van der Waals surface area contributed by atoms with Gasteiger partial charge in [0.2, 0.25) is 0 Å². The number of nitrogen functional groups attached to an aromatic ring is 1. The largest absolute Gasteiger partial charge is 0.504 e. The molecule has 0 radical (unpaired) electrons. The molecule has 1 aromatic carbocycles. The summed E-state index contributed by atoms with van der Waals surface area (Å²) < 4.78 is 5.40. The number of para-hydroxylation sites is 2. The predicted octanol–water partition coefficient (Wildman–Crippen LogP) is 2.01. The van der Waals surface area contributed by atoms with Gasteiger partial charge in [-0.15, -0.1) is 0 Å². The van der Waals surface area contributed by atoms with Crippen molar-refractivity contribution < 1.29 is 9.84 Å². The van der Waals surface area contributed by atoms with Crippen LogP contribution < -0.4 is 10.5 Å². The van der Waals surface area contributed by atoms with E-state index in [-0.39, 0.29) is 5.75 Å². The van der Waals surface area contributed by atoms with Crippen molar-refractivity contribution in [3.8, 4) is 11.5 Å². The third-order valence-corrected chi connectivity index (χ3v) is 2.61. The Hall–Kier alpha value is -1.75. The zero-order chi connectivity index (χ0) is 10.7. The Balaban J connectivity index is 2.02. The maximum absolute atomic E-state index is 9.43. The topological polar surface area (TPSA) is 68.4 Å². The van der Waals surface area contributed by atoms with Gasteiger partial charge in [-0.3, -0.25) is 0 Å². The SMILES string of the molecule is Nc1ncc(COc2ccccc2O)s1. The molecule has 0 saturated carbocycles. The Morgan fingerprint density at radius 3 is 2.87 bits per heavy atom. The van der Waals surface area contributed by atoms with Gasteiger partial charge < -0.3 is 15.6 Å². The van der Waals surface area contributed by atoms with E-state index in [0.29, 0.717) is 17.5 Å². The van der Waals surface area contributed by atoms with Gasteiger partial charge in [-0.25, -0.2) is 4.98 Å². The van der Waals surface area contributed by atoms with Gasteiger partial charge in [-0.1, -0.05) is 23.5 Å². The first-order valence-electron chi connectivity index (χ1n) is 4.36. The number of nitrogens with two attached hydrogens (primary N) is 1. The number of hydrogen-bond acceptors (Lipinski definition) is 5. The van der Waals surface area contributed by atoms with Crippen LogP contribution in [0.15, 0.2) is 30.5 Å².